The van der Waals surface area contributed by atoms with E-state index >= 15 is 0 Å². The minimum Gasteiger partial charge on any atom is -0.310 e. The molecule has 1 nitrogen and oxygen atoms in total. The van der Waals surface area contributed by atoms with Gasteiger partial charge in [-0.3, -0.25) is 0 Å². The summed E-state index contributed by atoms with van der Waals surface area (Å²) in [6.45, 7) is 3.25. The molecule has 0 fully saturated rings. The third-order valence-electron chi connectivity index (χ3n) is 3.17. The fraction of sp³-hybridized carbons (Fsp3) is 0.294. The topological polar surface area (TPSA) is 12.0 Å². The SMILES string of the molecule is CCCNC(Cc1cccc(Br)c1)c1ccccc1. The van der Waals surface area contributed by atoms with E-state index in [0.717, 1.165) is 23.9 Å². The highest BCUT2D eigenvalue weighted by molar-refractivity contribution is 9.10. The van der Waals surface area contributed by atoms with E-state index in [1.54, 1.807) is 0 Å². The summed E-state index contributed by atoms with van der Waals surface area (Å²) in [7, 11) is 0. The minimum absolute atomic E-state index is 0.385. The van der Waals surface area contributed by atoms with Crippen molar-refractivity contribution in [3.05, 3.63) is 70.2 Å². The molecule has 1 unspecified atom stereocenters. The quantitative estimate of drug-likeness (QED) is 0.812. The van der Waals surface area contributed by atoms with Gasteiger partial charge in [0.15, 0.2) is 0 Å². The monoisotopic (exact) mass is 317 g/mol. The first-order chi connectivity index (χ1) is 9.29. The van der Waals surface area contributed by atoms with Gasteiger partial charge in [0.2, 0.25) is 0 Å². The summed E-state index contributed by atoms with van der Waals surface area (Å²) < 4.78 is 1.15. The Kier molecular flexibility index (Phi) is 5.62. The van der Waals surface area contributed by atoms with E-state index < -0.39 is 0 Å². The third kappa shape index (κ3) is 4.48. The molecule has 2 rings (SSSR count). The Morgan fingerprint density at radius 3 is 2.53 bits per heavy atom. The Hall–Kier alpha value is -1.12. The van der Waals surface area contributed by atoms with E-state index in [-0.39, 0.29) is 0 Å². The van der Waals surface area contributed by atoms with Crippen molar-refractivity contribution < 1.29 is 0 Å². The predicted molar refractivity (Wildman–Crippen MR) is 85.3 cm³/mol. The van der Waals surface area contributed by atoms with Crippen molar-refractivity contribution in [1.29, 1.82) is 0 Å². The Bertz CT molecular complexity index is 496. The molecule has 1 N–H and O–H groups in total. The maximum absolute atomic E-state index is 3.64. The molecule has 2 aromatic carbocycles. The lowest BCUT2D eigenvalue weighted by Crippen LogP contribution is -2.24. The zero-order valence-corrected chi connectivity index (χ0v) is 12.9. The molecule has 0 aliphatic carbocycles. The summed E-state index contributed by atoms with van der Waals surface area (Å²) in [6, 6.07) is 19.6. The summed E-state index contributed by atoms with van der Waals surface area (Å²) >= 11 is 3.54. The molecule has 1 atom stereocenters. The van der Waals surface area contributed by atoms with Gasteiger partial charge in [0.25, 0.3) is 0 Å². The van der Waals surface area contributed by atoms with Crippen molar-refractivity contribution in [3.63, 3.8) is 0 Å². The summed E-state index contributed by atoms with van der Waals surface area (Å²) in [5, 5.41) is 3.64. The summed E-state index contributed by atoms with van der Waals surface area (Å²) in [4.78, 5) is 0. The molecule has 0 spiro atoms. The molecule has 2 heteroatoms. The standard InChI is InChI=1S/C17H20BrN/c1-2-11-19-17(15-8-4-3-5-9-15)13-14-7-6-10-16(18)12-14/h3-10,12,17,19H,2,11,13H2,1H3. The van der Waals surface area contributed by atoms with Crippen LogP contribution in [0.4, 0.5) is 0 Å². The average molecular weight is 318 g/mol. The van der Waals surface area contributed by atoms with Crippen molar-refractivity contribution in [1.82, 2.24) is 5.32 Å². The molecular formula is C17H20BrN. The van der Waals surface area contributed by atoms with Crippen LogP contribution in [0.25, 0.3) is 0 Å². The Morgan fingerprint density at radius 2 is 1.84 bits per heavy atom. The number of halogens is 1. The Labute approximate surface area is 124 Å². The zero-order valence-electron chi connectivity index (χ0n) is 11.3. The number of nitrogens with one attached hydrogen (secondary N) is 1. The smallest absolute Gasteiger partial charge is 0.0360 e. The Balaban J connectivity index is 2.14. The molecule has 0 saturated carbocycles. The summed E-state index contributed by atoms with van der Waals surface area (Å²) in [5.41, 5.74) is 2.71. The molecule has 0 heterocycles. The lowest BCUT2D eigenvalue weighted by molar-refractivity contribution is 0.529. The second-order valence-corrected chi connectivity index (χ2v) is 5.67. The molecule has 0 aromatic heterocycles. The predicted octanol–water partition coefficient (Wildman–Crippen LogP) is 4.73. The second kappa shape index (κ2) is 7.46. The van der Waals surface area contributed by atoms with Gasteiger partial charge in [0.1, 0.15) is 0 Å². The summed E-state index contributed by atoms with van der Waals surface area (Å²) in [5.74, 6) is 0. The molecule has 100 valence electrons. The van der Waals surface area contributed by atoms with Gasteiger partial charge in [-0.1, -0.05) is 65.3 Å². The van der Waals surface area contributed by atoms with Crippen LogP contribution in [0, 0.1) is 0 Å². The van der Waals surface area contributed by atoms with Crippen LogP contribution >= 0.6 is 15.9 Å². The van der Waals surface area contributed by atoms with Crippen LogP contribution in [0.2, 0.25) is 0 Å². The first kappa shape index (κ1) is 14.3. The fourth-order valence-corrected chi connectivity index (χ4v) is 2.66. The number of hydrogen-bond acceptors (Lipinski definition) is 1. The van der Waals surface area contributed by atoms with E-state index in [1.165, 1.54) is 11.1 Å². The molecule has 0 aliphatic rings. The average Bonchev–Trinajstić information content (AvgIpc) is 2.44. The molecule has 0 radical (unpaired) electrons. The van der Waals surface area contributed by atoms with Gasteiger partial charge in [-0.05, 0) is 42.6 Å². The highest BCUT2D eigenvalue weighted by Crippen LogP contribution is 2.20. The molecule has 19 heavy (non-hydrogen) atoms. The highest BCUT2D eigenvalue weighted by atomic mass is 79.9. The molecular weight excluding hydrogens is 298 g/mol. The highest BCUT2D eigenvalue weighted by Gasteiger charge is 2.11. The lowest BCUT2D eigenvalue weighted by atomic mass is 9.99. The van der Waals surface area contributed by atoms with Crippen molar-refractivity contribution in [2.45, 2.75) is 25.8 Å². The van der Waals surface area contributed by atoms with Gasteiger partial charge in [0.05, 0.1) is 0 Å². The van der Waals surface area contributed by atoms with E-state index in [2.05, 4.69) is 82.8 Å². The molecule has 2 aromatic rings. The number of hydrogen-bond donors (Lipinski definition) is 1. The first-order valence-electron chi connectivity index (χ1n) is 6.82. The largest absolute Gasteiger partial charge is 0.310 e. The van der Waals surface area contributed by atoms with E-state index in [4.69, 9.17) is 0 Å². The first-order valence-corrected chi connectivity index (χ1v) is 7.61. The van der Waals surface area contributed by atoms with E-state index in [0.29, 0.717) is 6.04 Å². The molecule has 0 bridgehead atoms. The summed E-state index contributed by atoms with van der Waals surface area (Å²) in [6.07, 6.45) is 2.17. The van der Waals surface area contributed by atoms with E-state index in [1.807, 2.05) is 0 Å². The van der Waals surface area contributed by atoms with Crippen LogP contribution < -0.4 is 5.32 Å². The van der Waals surface area contributed by atoms with Crippen LogP contribution in [-0.2, 0) is 6.42 Å². The lowest BCUT2D eigenvalue weighted by Gasteiger charge is -2.19. The van der Waals surface area contributed by atoms with Gasteiger partial charge < -0.3 is 5.32 Å². The minimum atomic E-state index is 0.385. The van der Waals surface area contributed by atoms with Crippen LogP contribution in [0.15, 0.2) is 59.1 Å². The molecule has 0 amide bonds. The van der Waals surface area contributed by atoms with Crippen LogP contribution in [0.3, 0.4) is 0 Å². The fourth-order valence-electron chi connectivity index (χ4n) is 2.21. The number of rotatable bonds is 6. The third-order valence-corrected chi connectivity index (χ3v) is 3.66. The van der Waals surface area contributed by atoms with Crippen molar-refractivity contribution in [3.8, 4) is 0 Å². The van der Waals surface area contributed by atoms with E-state index in [9.17, 15) is 0 Å². The maximum Gasteiger partial charge on any atom is 0.0360 e. The van der Waals surface area contributed by atoms with Gasteiger partial charge in [-0.2, -0.15) is 0 Å². The van der Waals surface area contributed by atoms with Crippen molar-refractivity contribution >= 4 is 15.9 Å². The molecule has 0 aliphatic heterocycles. The van der Waals surface area contributed by atoms with Crippen LogP contribution in [-0.4, -0.2) is 6.54 Å². The van der Waals surface area contributed by atoms with Gasteiger partial charge in [-0.15, -0.1) is 0 Å². The van der Waals surface area contributed by atoms with Crippen molar-refractivity contribution in [2.75, 3.05) is 6.54 Å². The molecule has 0 saturated heterocycles. The van der Waals surface area contributed by atoms with Gasteiger partial charge in [-0.25, -0.2) is 0 Å². The van der Waals surface area contributed by atoms with Crippen LogP contribution in [0.5, 0.6) is 0 Å². The number of benzene rings is 2. The van der Waals surface area contributed by atoms with Gasteiger partial charge in [0, 0.05) is 10.5 Å². The normalized spacial score (nSPS) is 12.3. The van der Waals surface area contributed by atoms with Crippen LogP contribution in [0.1, 0.15) is 30.5 Å². The Morgan fingerprint density at radius 1 is 1.05 bits per heavy atom. The van der Waals surface area contributed by atoms with Gasteiger partial charge >= 0.3 is 0 Å². The zero-order chi connectivity index (χ0) is 13.5. The second-order valence-electron chi connectivity index (χ2n) is 4.75. The maximum atomic E-state index is 3.64. The van der Waals surface area contributed by atoms with Crippen molar-refractivity contribution in [2.24, 2.45) is 0 Å².